The Hall–Kier alpha value is -2.63. The first-order valence-electron chi connectivity index (χ1n) is 6.60. The summed E-state index contributed by atoms with van der Waals surface area (Å²) in [4.78, 5) is 22.7. The van der Waals surface area contributed by atoms with E-state index in [-0.39, 0.29) is 24.6 Å². The number of nitrogens with one attached hydrogen (secondary N) is 1. The molecule has 2 N–H and O–H groups in total. The van der Waals surface area contributed by atoms with Gasteiger partial charge < -0.3 is 10.4 Å². The molecule has 6 nitrogen and oxygen atoms in total. The number of benzene rings is 1. The van der Waals surface area contributed by atoms with Crippen LogP contribution < -0.4 is 5.32 Å². The molecule has 0 aliphatic rings. The highest BCUT2D eigenvalue weighted by Gasteiger charge is 2.12. The van der Waals surface area contributed by atoms with Crippen LogP contribution in [0.4, 0.5) is 5.69 Å². The van der Waals surface area contributed by atoms with Crippen molar-refractivity contribution in [1.82, 2.24) is 9.78 Å². The second-order valence-electron chi connectivity index (χ2n) is 4.83. The molecular formula is C15H17N3O3. The van der Waals surface area contributed by atoms with E-state index in [1.807, 2.05) is 32.0 Å². The summed E-state index contributed by atoms with van der Waals surface area (Å²) in [7, 11) is 0. The van der Waals surface area contributed by atoms with Gasteiger partial charge in [0.15, 0.2) is 5.69 Å². The van der Waals surface area contributed by atoms with Crippen LogP contribution in [0.2, 0.25) is 0 Å². The Bertz CT molecular complexity index is 656. The van der Waals surface area contributed by atoms with Crippen LogP contribution >= 0.6 is 0 Å². The molecule has 0 aliphatic heterocycles. The van der Waals surface area contributed by atoms with E-state index in [0.717, 1.165) is 16.8 Å². The quantitative estimate of drug-likeness (QED) is 0.883. The predicted octanol–water partition coefficient (Wildman–Crippen LogP) is 2.23. The molecule has 2 aromatic rings. The van der Waals surface area contributed by atoms with Gasteiger partial charge in [-0.1, -0.05) is 18.2 Å². The highest BCUT2D eigenvalue weighted by Crippen LogP contribution is 2.20. The molecule has 0 atom stereocenters. The van der Waals surface area contributed by atoms with E-state index in [1.165, 1.54) is 4.68 Å². The number of carbonyl (C=O) groups excluding carboxylic acids is 1. The van der Waals surface area contributed by atoms with Gasteiger partial charge in [0.1, 0.15) is 0 Å². The Morgan fingerprint density at radius 3 is 2.52 bits per heavy atom. The van der Waals surface area contributed by atoms with E-state index in [2.05, 4.69) is 10.4 Å². The number of hydrogen-bond acceptors (Lipinski definition) is 3. The van der Waals surface area contributed by atoms with Crippen LogP contribution in [0, 0.1) is 13.8 Å². The molecule has 0 spiro atoms. The molecule has 0 saturated heterocycles. The van der Waals surface area contributed by atoms with Gasteiger partial charge in [0, 0.05) is 11.9 Å². The van der Waals surface area contributed by atoms with Crippen molar-refractivity contribution in [2.24, 2.45) is 0 Å². The molecule has 0 saturated carbocycles. The minimum atomic E-state index is -0.896. The van der Waals surface area contributed by atoms with Gasteiger partial charge in [-0.3, -0.25) is 14.3 Å². The standard InChI is InChI=1S/C15H17N3O3/c1-10-4-3-5-11(2)14(10)16-15(21)12-6-8-18(17-12)9-7-13(19)20/h3-6,8H,7,9H2,1-2H3,(H,16,21)(H,19,20). The molecule has 0 radical (unpaired) electrons. The van der Waals surface area contributed by atoms with E-state index in [4.69, 9.17) is 5.11 Å². The topological polar surface area (TPSA) is 84.2 Å². The zero-order valence-corrected chi connectivity index (χ0v) is 12.0. The maximum atomic E-state index is 12.2. The Kier molecular flexibility index (Phi) is 4.37. The molecule has 0 aliphatic carbocycles. The number of aliphatic carboxylic acids is 1. The van der Waals surface area contributed by atoms with E-state index < -0.39 is 5.97 Å². The van der Waals surface area contributed by atoms with Crippen molar-refractivity contribution in [3.8, 4) is 0 Å². The molecule has 1 aromatic carbocycles. The molecule has 21 heavy (non-hydrogen) atoms. The average Bonchev–Trinajstić information content (AvgIpc) is 2.89. The first-order chi connectivity index (χ1) is 9.97. The van der Waals surface area contributed by atoms with Crippen LogP contribution in [0.15, 0.2) is 30.5 Å². The number of anilines is 1. The maximum Gasteiger partial charge on any atom is 0.305 e. The van der Waals surface area contributed by atoms with Crippen LogP contribution in [0.5, 0.6) is 0 Å². The van der Waals surface area contributed by atoms with Gasteiger partial charge in [-0.15, -0.1) is 0 Å². The van der Waals surface area contributed by atoms with Crippen molar-refractivity contribution in [2.75, 3.05) is 5.32 Å². The average molecular weight is 287 g/mol. The highest BCUT2D eigenvalue weighted by molar-refractivity contribution is 6.03. The van der Waals surface area contributed by atoms with Crippen molar-refractivity contribution in [1.29, 1.82) is 0 Å². The van der Waals surface area contributed by atoms with Crippen LogP contribution in [-0.4, -0.2) is 26.8 Å². The fraction of sp³-hybridized carbons (Fsp3) is 0.267. The summed E-state index contributed by atoms with van der Waals surface area (Å²) in [5.41, 5.74) is 3.01. The second-order valence-corrected chi connectivity index (χ2v) is 4.83. The van der Waals surface area contributed by atoms with E-state index >= 15 is 0 Å². The van der Waals surface area contributed by atoms with Gasteiger partial charge in [0.2, 0.25) is 0 Å². The highest BCUT2D eigenvalue weighted by atomic mass is 16.4. The Balaban J connectivity index is 2.09. The maximum absolute atomic E-state index is 12.2. The smallest absolute Gasteiger partial charge is 0.305 e. The summed E-state index contributed by atoms with van der Waals surface area (Å²) in [6.45, 7) is 4.09. The number of carboxylic acids is 1. The third-order valence-corrected chi connectivity index (χ3v) is 3.15. The number of para-hydroxylation sites is 1. The zero-order valence-electron chi connectivity index (χ0n) is 12.0. The van der Waals surface area contributed by atoms with Crippen molar-refractivity contribution in [2.45, 2.75) is 26.8 Å². The SMILES string of the molecule is Cc1cccc(C)c1NC(=O)c1ccn(CCC(=O)O)n1. The van der Waals surface area contributed by atoms with Crippen LogP contribution in [0.3, 0.4) is 0 Å². The van der Waals surface area contributed by atoms with Gasteiger partial charge in [-0.25, -0.2) is 0 Å². The number of rotatable bonds is 5. The fourth-order valence-electron chi connectivity index (χ4n) is 2.01. The molecule has 6 heteroatoms. The number of aromatic nitrogens is 2. The lowest BCUT2D eigenvalue weighted by Crippen LogP contribution is -2.15. The molecule has 0 bridgehead atoms. The molecule has 0 fully saturated rings. The summed E-state index contributed by atoms with van der Waals surface area (Å²) in [5.74, 6) is -1.20. The number of carboxylic acid groups (broad SMARTS) is 1. The van der Waals surface area contributed by atoms with E-state index in [1.54, 1.807) is 12.3 Å². The summed E-state index contributed by atoms with van der Waals surface area (Å²) in [5, 5.41) is 15.5. The molecule has 1 amide bonds. The lowest BCUT2D eigenvalue weighted by molar-refractivity contribution is -0.137. The van der Waals surface area contributed by atoms with Crippen molar-refractivity contribution >= 4 is 17.6 Å². The predicted molar refractivity (Wildman–Crippen MR) is 78.3 cm³/mol. The molecule has 110 valence electrons. The van der Waals surface area contributed by atoms with Crippen molar-refractivity contribution in [3.05, 3.63) is 47.3 Å². The summed E-state index contributed by atoms with van der Waals surface area (Å²) >= 11 is 0. The normalized spacial score (nSPS) is 10.4. The van der Waals surface area contributed by atoms with E-state index in [9.17, 15) is 9.59 Å². The molecule has 1 heterocycles. The van der Waals surface area contributed by atoms with Crippen LogP contribution in [0.25, 0.3) is 0 Å². The fourth-order valence-corrected chi connectivity index (χ4v) is 2.01. The van der Waals surface area contributed by atoms with Crippen LogP contribution in [-0.2, 0) is 11.3 Å². The lowest BCUT2D eigenvalue weighted by Gasteiger charge is -2.10. The van der Waals surface area contributed by atoms with Gasteiger partial charge in [0.05, 0.1) is 13.0 Å². The Labute approximate surface area is 122 Å². The third-order valence-electron chi connectivity index (χ3n) is 3.15. The number of nitrogens with zero attached hydrogens (tertiary/aromatic N) is 2. The minimum Gasteiger partial charge on any atom is -0.481 e. The minimum absolute atomic E-state index is 0.0281. The molecular weight excluding hydrogens is 270 g/mol. The number of aryl methyl sites for hydroxylation is 3. The van der Waals surface area contributed by atoms with Crippen molar-refractivity contribution in [3.63, 3.8) is 0 Å². The second kappa shape index (κ2) is 6.21. The summed E-state index contributed by atoms with van der Waals surface area (Å²) in [6, 6.07) is 7.36. The molecule has 2 rings (SSSR count). The largest absolute Gasteiger partial charge is 0.481 e. The van der Waals surface area contributed by atoms with Gasteiger partial charge >= 0.3 is 5.97 Å². The van der Waals surface area contributed by atoms with Gasteiger partial charge in [-0.05, 0) is 31.0 Å². The first-order valence-corrected chi connectivity index (χ1v) is 6.60. The third kappa shape index (κ3) is 3.68. The molecule has 1 aromatic heterocycles. The first kappa shape index (κ1) is 14.8. The Morgan fingerprint density at radius 1 is 1.24 bits per heavy atom. The number of hydrogen-bond donors (Lipinski definition) is 2. The summed E-state index contributed by atoms with van der Waals surface area (Å²) in [6.07, 6.45) is 1.57. The monoisotopic (exact) mass is 287 g/mol. The number of carbonyl (C=O) groups is 2. The summed E-state index contributed by atoms with van der Waals surface area (Å²) < 4.78 is 1.45. The lowest BCUT2D eigenvalue weighted by atomic mass is 10.1. The number of amides is 1. The zero-order chi connectivity index (χ0) is 15.4. The van der Waals surface area contributed by atoms with Gasteiger partial charge in [-0.2, -0.15) is 5.10 Å². The molecule has 0 unspecified atom stereocenters. The van der Waals surface area contributed by atoms with E-state index in [0.29, 0.717) is 0 Å². The Morgan fingerprint density at radius 2 is 1.90 bits per heavy atom. The van der Waals surface area contributed by atoms with Crippen molar-refractivity contribution < 1.29 is 14.7 Å². The van der Waals surface area contributed by atoms with Crippen LogP contribution in [0.1, 0.15) is 28.0 Å². The van der Waals surface area contributed by atoms with Gasteiger partial charge in [0.25, 0.3) is 5.91 Å².